The molecule has 0 spiro atoms. The van der Waals surface area contributed by atoms with Gasteiger partial charge in [-0.3, -0.25) is 0 Å². The van der Waals surface area contributed by atoms with E-state index in [-0.39, 0.29) is 0 Å². The Kier molecular flexibility index (Phi) is 5.39. The Morgan fingerprint density at radius 1 is 0.762 bits per heavy atom. The van der Waals surface area contributed by atoms with Gasteiger partial charge in [-0.15, -0.1) is 0 Å². The van der Waals surface area contributed by atoms with Crippen LogP contribution in [0.3, 0.4) is 0 Å². The molecule has 0 aliphatic heterocycles. The van der Waals surface area contributed by atoms with Gasteiger partial charge in [0.05, 0.1) is 5.56 Å². The van der Waals surface area contributed by atoms with E-state index in [4.69, 9.17) is 0 Å². The Hall–Kier alpha value is -1.81. The van der Waals surface area contributed by atoms with E-state index in [9.17, 15) is 5.26 Å². The summed E-state index contributed by atoms with van der Waals surface area (Å²) in [4.78, 5) is 0. The molecule has 0 fully saturated rings. The van der Waals surface area contributed by atoms with Crippen molar-refractivity contribution < 1.29 is 0 Å². The third-order valence-electron chi connectivity index (χ3n) is 4.16. The lowest BCUT2D eigenvalue weighted by molar-refractivity contribution is 0.830. The first-order chi connectivity index (χ1) is 10.3. The van der Waals surface area contributed by atoms with Crippen LogP contribution >= 0.6 is 0 Å². The van der Waals surface area contributed by atoms with Gasteiger partial charge >= 0.3 is 0 Å². The van der Waals surface area contributed by atoms with E-state index in [1.54, 1.807) is 0 Å². The zero-order chi connectivity index (χ0) is 15.2. The first-order valence-electron chi connectivity index (χ1n) is 8.23. The van der Waals surface area contributed by atoms with Crippen LogP contribution < -0.4 is 0 Å². The van der Waals surface area contributed by atoms with Crippen molar-refractivity contribution in [3.05, 3.63) is 46.5 Å². The van der Waals surface area contributed by atoms with Crippen LogP contribution in [0, 0.1) is 11.3 Å². The van der Waals surface area contributed by atoms with Crippen molar-refractivity contribution in [1.82, 2.24) is 0 Å². The molecular weight excluding hydrogens is 254 g/mol. The van der Waals surface area contributed by atoms with Crippen molar-refractivity contribution in [3.63, 3.8) is 0 Å². The lowest BCUT2D eigenvalue weighted by Crippen LogP contribution is -2.05. The van der Waals surface area contributed by atoms with Gasteiger partial charge in [0.15, 0.2) is 0 Å². The van der Waals surface area contributed by atoms with E-state index in [0.29, 0.717) is 0 Å². The van der Waals surface area contributed by atoms with E-state index in [1.165, 1.54) is 22.1 Å². The maximum Gasteiger partial charge on any atom is 0.100 e. The summed E-state index contributed by atoms with van der Waals surface area (Å²) in [5.41, 5.74) is 5.16. The van der Waals surface area contributed by atoms with Crippen LogP contribution in [0.4, 0.5) is 0 Å². The fourth-order valence-electron chi connectivity index (χ4n) is 3.36. The summed E-state index contributed by atoms with van der Waals surface area (Å²) >= 11 is 0. The van der Waals surface area contributed by atoms with Gasteiger partial charge in [0.2, 0.25) is 0 Å². The number of nitrogens with zero attached hydrogens (tertiary/aromatic N) is 1. The summed E-state index contributed by atoms with van der Waals surface area (Å²) in [5, 5.41) is 12.1. The molecule has 0 bridgehead atoms. The van der Waals surface area contributed by atoms with Crippen molar-refractivity contribution in [2.75, 3.05) is 0 Å². The fraction of sp³-hybridized carbons (Fsp3) is 0.450. The molecule has 0 radical (unpaired) electrons. The molecule has 0 aliphatic rings. The number of rotatable bonds is 6. The molecule has 110 valence electrons. The molecule has 0 amide bonds. The monoisotopic (exact) mass is 279 g/mol. The zero-order valence-corrected chi connectivity index (χ0v) is 13.5. The molecule has 0 aliphatic carbocycles. The van der Waals surface area contributed by atoms with Gasteiger partial charge in [0.1, 0.15) is 6.07 Å². The molecule has 2 rings (SSSR count). The van der Waals surface area contributed by atoms with E-state index in [1.807, 2.05) is 6.07 Å². The highest BCUT2D eigenvalue weighted by molar-refractivity contribution is 5.93. The Morgan fingerprint density at radius 2 is 1.29 bits per heavy atom. The molecule has 2 aromatic carbocycles. The molecule has 0 saturated heterocycles. The third-order valence-corrected chi connectivity index (χ3v) is 4.16. The smallest absolute Gasteiger partial charge is 0.100 e. The molecule has 0 saturated carbocycles. The van der Waals surface area contributed by atoms with Crippen LogP contribution in [0.15, 0.2) is 24.3 Å². The molecule has 0 aromatic heterocycles. The van der Waals surface area contributed by atoms with Crippen LogP contribution in [-0.2, 0) is 19.3 Å². The molecule has 0 heterocycles. The van der Waals surface area contributed by atoms with Gasteiger partial charge in [-0.2, -0.15) is 5.26 Å². The standard InChI is InChI=1S/C20H25N/c1-4-9-15-16(10-5-2)18-12-7-8-13-19(18)20(14-21)17(15)11-6-3/h7-8,12-13H,4-6,9-11H2,1-3H3. The Labute approximate surface area is 128 Å². The number of nitriles is 1. The fourth-order valence-corrected chi connectivity index (χ4v) is 3.36. The van der Waals surface area contributed by atoms with E-state index in [0.717, 1.165) is 49.5 Å². The minimum absolute atomic E-state index is 0.913. The van der Waals surface area contributed by atoms with Crippen LogP contribution in [0.2, 0.25) is 0 Å². The molecule has 2 aromatic rings. The highest BCUT2D eigenvalue weighted by Gasteiger charge is 2.17. The number of fused-ring (bicyclic) bond motifs is 1. The van der Waals surface area contributed by atoms with Crippen molar-refractivity contribution in [2.45, 2.75) is 59.3 Å². The lowest BCUT2D eigenvalue weighted by atomic mass is 9.84. The first kappa shape index (κ1) is 15.6. The second-order valence-electron chi connectivity index (χ2n) is 5.72. The topological polar surface area (TPSA) is 23.8 Å². The molecule has 0 unspecified atom stereocenters. The maximum atomic E-state index is 9.71. The quantitative estimate of drug-likeness (QED) is 0.678. The van der Waals surface area contributed by atoms with Crippen molar-refractivity contribution >= 4 is 10.8 Å². The maximum absolute atomic E-state index is 9.71. The Bertz CT molecular complexity index is 662. The minimum Gasteiger partial charge on any atom is -0.192 e. The van der Waals surface area contributed by atoms with Gasteiger partial charge in [0.25, 0.3) is 0 Å². The van der Waals surface area contributed by atoms with Crippen molar-refractivity contribution in [2.24, 2.45) is 0 Å². The molecular formula is C20H25N. The predicted octanol–water partition coefficient (Wildman–Crippen LogP) is 5.57. The first-order valence-corrected chi connectivity index (χ1v) is 8.23. The normalized spacial score (nSPS) is 10.8. The molecule has 0 atom stereocenters. The largest absolute Gasteiger partial charge is 0.192 e. The van der Waals surface area contributed by atoms with Crippen LogP contribution in [0.5, 0.6) is 0 Å². The lowest BCUT2D eigenvalue weighted by Gasteiger charge is -2.19. The molecule has 21 heavy (non-hydrogen) atoms. The van der Waals surface area contributed by atoms with Gasteiger partial charge in [-0.1, -0.05) is 64.3 Å². The van der Waals surface area contributed by atoms with Gasteiger partial charge in [-0.25, -0.2) is 0 Å². The van der Waals surface area contributed by atoms with Crippen LogP contribution in [0.1, 0.15) is 62.3 Å². The summed E-state index contributed by atoms with van der Waals surface area (Å²) in [7, 11) is 0. The predicted molar refractivity (Wildman–Crippen MR) is 90.6 cm³/mol. The average Bonchev–Trinajstić information content (AvgIpc) is 2.51. The van der Waals surface area contributed by atoms with Crippen molar-refractivity contribution in [3.8, 4) is 6.07 Å². The minimum atomic E-state index is 0.913. The third kappa shape index (κ3) is 2.95. The number of hydrogen-bond acceptors (Lipinski definition) is 1. The number of aryl methyl sites for hydroxylation is 1. The van der Waals surface area contributed by atoms with E-state index >= 15 is 0 Å². The zero-order valence-electron chi connectivity index (χ0n) is 13.5. The second-order valence-corrected chi connectivity index (χ2v) is 5.72. The number of hydrogen-bond donors (Lipinski definition) is 0. The second kappa shape index (κ2) is 7.27. The van der Waals surface area contributed by atoms with Crippen LogP contribution in [-0.4, -0.2) is 0 Å². The number of benzene rings is 2. The molecule has 1 heteroatoms. The summed E-state index contributed by atoms with van der Waals surface area (Å²) in [6, 6.07) is 10.9. The highest BCUT2D eigenvalue weighted by Crippen LogP contribution is 2.33. The van der Waals surface area contributed by atoms with Crippen LogP contribution in [0.25, 0.3) is 10.8 Å². The summed E-state index contributed by atoms with van der Waals surface area (Å²) in [6.07, 6.45) is 6.59. The van der Waals surface area contributed by atoms with Gasteiger partial charge in [-0.05, 0) is 41.3 Å². The van der Waals surface area contributed by atoms with Crippen molar-refractivity contribution in [1.29, 1.82) is 5.26 Å². The average molecular weight is 279 g/mol. The van der Waals surface area contributed by atoms with E-state index in [2.05, 4.69) is 45.0 Å². The van der Waals surface area contributed by atoms with E-state index < -0.39 is 0 Å². The summed E-state index contributed by atoms with van der Waals surface area (Å²) < 4.78 is 0. The molecule has 0 N–H and O–H groups in total. The Morgan fingerprint density at radius 3 is 1.86 bits per heavy atom. The molecule has 1 nitrogen and oxygen atoms in total. The summed E-state index contributed by atoms with van der Waals surface area (Å²) in [5.74, 6) is 0. The van der Waals surface area contributed by atoms with Gasteiger partial charge < -0.3 is 0 Å². The summed E-state index contributed by atoms with van der Waals surface area (Å²) in [6.45, 7) is 6.67. The Balaban J connectivity index is 2.87. The SMILES string of the molecule is CCCc1c(CCC)c(CCC)c2ccccc2c1C#N. The highest BCUT2D eigenvalue weighted by atomic mass is 14.3. The van der Waals surface area contributed by atoms with Gasteiger partial charge in [0, 0.05) is 5.39 Å².